The fourth-order valence-corrected chi connectivity index (χ4v) is 3.11. The van der Waals surface area contributed by atoms with Crippen LogP contribution < -0.4 is 10.1 Å². The van der Waals surface area contributed by atoms with E-state index in [0.717, 1.165) is 25.1 Å². The minimum absolute atomic E-state index is 0.242. The summed E-state index contributed by atoms with van der Waals surface area (Å²) in [7, 11) is 0. The van der Waals surface area contributed by atoms with Crippen molar-refractivity contribution >= 4 is 0 Å². The van der Waals surface area contributed by atoms with Crippen LogP contribution in [0.1, 0.15) is 36.1 Å². The number of ether oxygens (including phenoxy) is 1. The molecule has 0 radical (unpaired) electrons. The molecule has 0 saturated heterocycles. The third kappa shape index (κ3) is 3.27. The average molecular weight is 281 g/mol. The van der Waals surface area contributed by atoms with Gasteiger partial charge in [-0.05, 0) is 25.1 Å². The molecule has 2 aromatic rings. The van der Waals surface area contributed by atoms with Gasteiger partial charge in [0.25, 0.3) is 0 Å². The van der Waals surface area contributed by atoms with Crippen molar-refractivity contribution in [3.8, 4) is 5.75 Å². The summed E-state index contributed by atoms with van der Waals surface area (Å²) in [6.07, 6.45) is 2.24. The molecule has 0 aromatic heterocycles. The lowest BCUT2D eigenvalue weighted by Crippen LogP contribution is -2.34. The van der Waals surface area contributed by atoms with Gasteiger partial charge in [0.15, 0.2) is 0 Å². The topological polar surface area (TPSA) is 21.3 Å². The molecule has 1 aliphatic rings. The Labute approximate surface area is 127 Å². The van der Waals surface area contributed by atoms with Gasteiger partial charge in [0.2, 0.25) is 0 Å². The fourth-order valence-electron chi connectivity index (χ4n) is 3.11. The third-order valence-corrected chi connectivity index (χ3v) is 4.09. The van der Waals surface area contributed by atoms with Crippen molar-refractivity contribution in [3.63, 3.8) is 0 Å². The SMILES string of the molecule is CCNC1CC(Cc2ccccc2)Oc2ccc(C)cc21. The summed E-state index contributed by atoms with van der Waals surface area (Å²) >= 11 is 0. The molecule has 1 N–H and O–H groups in total. The maximum absolute atomic E-state index is 6.23. The normalized spacial score (nSPS) is 20.7. The molecule has 3 rings (SSSR count). The van der Waals surface area contributed by atoms with Crippen LogP contribution in [-0.4, -0.2) is 12.6 Å². The van der Waals surface area contributed by atoms with Crippen molar-refractivity contribution in [1.29, 1.82) is 0 Å². The highest BCUT2D eigenvalue weighted by Gasteiger charge is 2.27. The van der Waals surface area contributed by atoms with Gasteiger partial charge < -0.3 is 10.1 Å². The predicted molar refractivity (Wildman–Crippen MR) is 86.8 cm³/mol. The number of fused-ring (bicyclic) bond motifs is 1. The molecule has 0 bridgehead atoms. The van der Waals surface area contributed by atoms with Crippen LogP contribution in [0, 0.1) is 6.92 Å². The van der Waals surface area contributed by atoms with E-state index in [-0.39, 0.29) is 6.10 Å². The second-order valence-electron chi connectivity index (χ2n) is 5.82. The molecule has 110 valence electrons. The van der Waals surface area contributed by atoms with Gasteiger partial charge in [-0.15, -0.1) is 0 Å². The lowest BCUT2D eigenvalue weighted by Gasteiger charge is -2.33. The highest BCUT2D eigenvalue weighted by molar-refractivity contribution is 5.41. The molecule has 2 atom stereocenters. The van der Waals surface area contributed by atoms with E-state index in [1.54, 1.807) is 0 Å². The van der Waals surface area contributed by atoms with Gasteiger partial charge in [0, 0.05) is 24.4 Å². The van der Waals surface area contributed by atoms with Crippen molar-refractivity contribution in [3.05, 3.63) is 65.2 Å². The summed E-state index contributed by atoms with van der Waals surface area (Å²) in [6.45, 7) is 5.28. The van der Waals surface area contributed by atoms with Crippen LogP contribution in [0.3, 0.4) is 0 Å². The zero-order chi connectivity index (χ0) is 14.7. The second-order valence-corrected chi connectivity index (χ2v) is 5.82. The van der Waals surface area contributed by atoms with Gasteiger partial charge in [-0.25, -0.2) is 0 Å². The van der Waals surface area contributed by atoms with Crippen molar-refractivity contribution in [2.45, 2.75) is 38.8 Å². The van der Waals surface area contributed by atoms with Gasteiger partial charge in [-0.3, -0.25) is 0 Å². The molecule has 2 nitrogen and oxygen atoms in total. The molecule has 0 amide bonds. The number of rotatable bonds is 4. The smallest absolute Gasteiger partial charge is 0.124 e. The molecule has 0 aliphatic carbocycles. The van der Waals surface area contributed by atoms with Gasteiger partial charge in [-0.2, -0.15) is 0 Å². The van der Waals surface area contributed by atoms with Crippen molar-refractivity contribution in [2.75, 3.05) is 6.54 Å². The van der Waals surface area contributed by atoms with E-state index >= 15 is 0 Å². The Morgan fingerprint density at radius 3 is 2.71 bits per heavy atom. The van der Waals surface area contributed by atoms with Crippen LogP contribution in [0.2, 0.25) is 0 Å². The van der Waals surface area contributed by atoms with E-state index in [1.165, 1.54) is 16.7 Å². The Hall–Kier alpha value is -1.80. The Balaban J connectivity index is 1.82. The molecule has 1 heterocycles. The first-order valence-corrected chi connectivity index (χ1v) is 7.80. The molecule has 1 aliphatic heterocycles. The van der Waals surface area contributed by atoms with E-state index < -0.39 is 0 Å². The highest BCUT2D eigenvalue weighted by atomic mass is 16.5. The standard InChI is InChI=1S/C19H23NO/c1-3-20-18-13-16(12-15-7-5-4-6-8-15)21-19-10-9-14(2)11-17(18)19/h4-11,16,18,20H,3,12-13H2,1-2H3. The Morgan fingerprint density at radius 1 is 1.14 bits per heavy atom. The Morgan fingerprint density at radius 2 is 1.95 bits per heavy atom. The largest absolute Gasteiger partial charge is 0.490 e. The summed E-state index contributed by atoms with van der Waals surface area (Å²) < 4.78 is 6.23. The van der Waals surface area contributed by atoms with Crippen LogP contribution in [0.15, 0.2) is 48.5 Å². The summed E-state index contributed by atoms with van der Waals surface area (Å²) in [5.74, 6) is 1.04. The van der Waals surface area contributed by atoms with Gasteiger partial charge in [0.05, 0.1) is 0 Å². The maximum Gasteiger partial charge on any atom is 0.124 e. The summed E-state index contributed by atoms with van der Waals surface area (Å²) in [5.41, 5.74) is 3.94. The average Bonchev–Trinajstić information content (AvgIpc) is 2.49. The number of hydrogen-bond acceptors (Lipinski definition) is 2. The lowest BCUT2D eigenvalue weighted by atomic mass is 9.92. The van der Waals surface area contributed by atoms with Crippen LogP contribution in [0.5, 0.6) is 5.75 Å². The van der Waals surface area contributed by atoms with Crippen molar-refractivity contribution in [2.24, 2.45) is 0 Å². The summed E-state index contributed by atoms with van der Waals surface area (Å²) in [4.78, 5) is 0. The van der Waals surface area contributed by atoms with Gasteiger partial charge in [0.1, 0.15) is 11.9 Å². The van der Waals surface area contributed by atoms with E-state index in [2.05, 4.69) is 67.7 Å². The summed E-state index contributed by atoms with van der Waals surface area (Å²) in [5, 5.41) is 3.60. The lowest BCUT2D eigenvalue weighted by molar-refractivity contribution is 0.150. The predicted octanol–water partition coefficient (Wildman–Crippen LogP) is 4.04. The van der Waals surface area contributed by atoms with Crippen LogP contribution in [0.25, 0.3) is 0 Å². The van der Waals surface area contributed by atoms with Gasteiger partial charge in [-0.1, -0.05) is 55.0 Å². The molecule has 0 saturated carbocycles. The van der Waals surface area contributed by atoms with E-state index in [0.29, 0.717) is 6.04 Å². The number of aryl methyl sites for hydroxylation is 1. The van der Waals surface area contributed by atoms with Crippen molar-refractivity contribution < 1.29 is 4.74 Å². The monoisotopic (exact) mass is 281 g/mol. The molecular formula is C19H23NO. The minimum Gasteiger partial charge on any atom is -0.490 e. The zero-order valence-electron chi connectivity index (χ0n) is 12.8. The number of hydrogen-bond donors (Lipinski definition) is 1. The van der Waals surface area contributed by atoms with Crippen LogP contribution in [0.4, 0.5) is 0 Å². The van der Waals surface area contributed by atoms with E-state index in [1.807, 2.05) is 0 Å². The first-order chi connectivity index (χ1) is 10.3. The molecule has 0 spiro atoms. The fraction of sp³-hybridized carbons (Fsp3) is 0.368. The third-order valence-electron chi connectivity index (χ3n) is 4.09. The zero-order valence-corrected chi connectivity index (χ0v) is 12.8. The Kier molecular flexibility index (Phi) is 4.26. The van der Waals surface area contributed by atoms with Crippen LogP contribution in [-0.2, 0) is 6.42 Å². The summed E-state index contributed by atoms with van der Waals surface area (Å²) in [6, 6.07) is 17.5. The number of nitrogens with one attached hydrogen (secondary N) is 1. The molecule has 2 aromatic carbocycles. The second kappa shape index (κ2) is 6.31. The van der Waals surface area contributed by atoms with E-state index in [4.69, 9.17) is 4.74 Å². The van der Waals surface area contributed by atoms with Crippen molar-refractivity contribution in [1.82, 2.24) is 5.32 Å². The highest BCUT2D eigenvalue weighted by Crippen LogP contribution is 2.36. The van der Waals surface area contributed by atoms with E-state index in [9.17, 15) is 0 Å². The van der Waals surface area contributed by atoms with Crippen LogP contribution >= 0.6 is 0 Å². The molecule has 2 unspecified atom stereocenters. The minimum atomic E-state index is 0.242. The first-order valence-electron chi connectivity index (χ1n) is 7.80. The van der Waals surface area contributed by atoms with Gasteiger partial charge >= 0.3 is 0 Å². The Bertz CT molecular complexity index is 594. The molecule has 2 heteroatoms. The molecular weight excluding hydrogens is 258 g/mol. The molecule has 21 heavy (non-hydrogen) atoms. The number of benzene rings is 2. The maximum atomic E-state index is 6.23. The molecule has 0 fully saturated rings. The first kappa shape index (κ1) is 14.2. The quantitative estimate of drug-likeness (QED) is 0.913.